The van der Waals surface area contributed by atoms with Gasteiger partial charge in [0.2, 0.25) is 0 Å². The number of hydrogen-bond donors (Lipinski definition) is 1. The highest BCUT2D eigenvalue weighted by Crippen LogP contribution is 2.35. The molecule has 1 saturated carbocycles. The molecule has 1 aromatic rings. The summed E-state index contributed by atoms with van der Waals surface area (Å²) in [5, 5.41) is 3.62. The number of rotatable bonds is 3. The summed E-state index contributed by atoms with van der Waals surface area (Å²) in [5.74, 6) is 0.946. The highest BCUT2D eigenvalue weighted by molar-refractivity contribution is 5.85. The normalized spacial score (nSPS) is 21.8. The van der Waals surface area contributed by atoms with Crippen LogP contribution in [0.15, 0.2) is 24.3 Å². The quantitative estimate of drug-likeness (QED) is 0.927. The van der Waals surface area contributed by atoms with Crippen molar-refractivity contribution in [3.05, 3.63) is 29.8 Å². The van der Waals surface area contributed by atoms with E-state index in [1.54, 1.807) is 7.11 Å². The molecule has 0 atom stereocenters. The number of halogens is 1. The van der Waals surface area contributed by atoms with Crippen molar-refractivity contribution in [2.45, 2.75) is 44.2 Å². The van der Waals surface area contributed by atoms with Crippen molar-refractivity contribution < 1.29 is 4.74 Å². The molecule has 0 unspecified atom stereocenters. The number of ether oxygens (including phenoxy) is 1. The third kappa shape index (κ3) is 3.71. The molecule has 0 amide bonds. The molecule has 1 aliphatic carbocycles. The molecule has 3 rings (SSSR count). The predicted octanol–water partition coefficient (Wildman–Crippen LogP) is 3.23. The zero-order valence-corrected chi connectivity index (χ0v) is 13.8. The van der Waals surface area contributed by atoms with Gasteiger partial charge in [0, 0.05) is 31.7 Å². The van der Waals surface area contributed by atoms with Crippen LogP contribution >= 0.6 is 12.4 Å². The van der Waals surface area contributed by atoms with Gasteiger partial charge in [-0.05, 0) is 30.5 Å². The number of methoxy groups -OCH3 is 1. The van der Waals surface area contributed by atoms with Gasteiger partial charge < -0.3 is 10.1 Å². The Morgan fingerprint density at radius 2 is 1.86 bits per heavy atom. The molecule has 1 aromatic carbocycles. The Balaban J connectivity index is 0.00000161. The molecule has 0 aromatic heterocycles. The minimum atomic E-state index is 0. The zero-order valence-electron chi connectivity index (χ0n) is 12.9. The van der Waals surface area contributed by atoms with Crippen LogP contribution in [0.5, 0.6) is 5.75 Å². The van der Waals surface area contributed by atoms with E-state index in [9.17, 15) is 0 Å². The van der Waals surface area contributed by atoms with Crippen molar-refractivity contribution in [2.24, 2.45) is 0 Å². The number of nitrogens with one attached hydrogen (secondary N) is 1. The smallest absolute Gasteiger partial charge is 0.118 e. The summed E-state index contributed by atoms with van der Waals surface area (Å²) in [6, 6.07) is 8.56. The second kappa shape index (κ2) is 7.48. The van der Waals surface area contributed by atoms with Crippen molar-refractivity contribution in [3.8, 4) is 5.75 Å². The fourth-order valence-corrected chi connectivity index (χ4v) is 3.79. The summed E-state index contributed by atoms with van der Waals surface area (Å²) in [6.07, 6.45) is 6.91. The van der Waals surface area contributed by atoms with E-state index in [1.807, 2.05) is 0 Å². The minimum absolute atomic E-state index is 0. The highest BCUT2D eigenvalue weighted by atomic mass is 35.5. The average Bonchev–Trinajstić information content (AvgIpc) is 2.51. The molecule has 0 bridgehead atoms. The van der Waals surface area contributed by atoms with Gasteiger partial charge in [0.05, 0.1) is 7.11 Å². The van der Waals surface area contributed by atoms with Crippen LogP contribution in [0.3, 0.4) is 0 Å². The van der Waals surface area contributed by atoms with Crippen molar-refractivity contribution in [3.63, 3.8) is 0 Å². The van der Waals surface area contributed by atoms with Crippen LogP contribution in [-0.2, 0) is 6.54 Å². The van der Waals surface area contributed by atoms with Gasteiger partial charge in [-0.25, -0.2) is 0 Å². The molecular weight excluding hydrogens is 284 g/mol. The third-order valence-corrected chi connectivity index (χ3v) is 5.00. The first-order valence-electron chi connectivity index (χ1n) is 7.91. The first-order valence-corrected chi connectivity index (χ1v) is 7.91. The molecule has 1 aliphatic heterocycles. The Morgan fingerprint density at radius 1 is 1.14 bits per heavy atom. The lowest BCUT2D eigenvalue weighted by molar-refractivity contribution is 0.0209. The lowest BCUT2D eigenvalue weighted by Gasteiger charge is -2.50. The van der Waals surface area contributed by atoms with Gasteiger partial charge in [-0.3, -0.25) is 4.90 Å². The Kier molecular flexibility index (Phi) is 5.91. The van der Waals surface area contributed by atoms with Crippen LogP contribution < -0.4 is 10.1 Å². The maximum Gasteiger partial charge on any atom is 0.118 e. The van der Waals surface area contributed by atoms with Crippen molar-refractivity contribution in [1.29, 1.82) is 0 Å². The number of piperazine rings is 1. The highest BCUT2D eigenvalue weighted by Gasteiger charge is 2.39. The van der Waals surface area contributed by atoms with E-state index in [0.717, 1.165) is 18.8 Å². The van der Waals surface area contributed by atoms with E-state index in [4.69, 9.17) is 4.74 Å². The fourth-order valence-electron chi connectivity index (χ4n) is 3.79. The molecule has 1 spiro atoms. The van der Waals surface area contributed by atoms with Crippen molar-refractivity contribution >= 4 is 12.4 Å². The van der Waals surface area contributed by atoms with Crippen LogP contribution in [0.2, 0.25) is 0 Å². The maximum absolute atomic E-state index is 5.25. The standard InChI is InChI=1S/C17H26N2O.ClH/c1-20-16-7-5-15(6-8-16)13-19-12-11-18-14-17(19)9-3-2-4-10-17;/h5-8,18H,2-4,9-14H2,1H3;1H. The van der Waals surface area contributed by atoms with Gasteiger partial charge in [0.15, 0.2) is 0 Å². The van der Waals surface area contributed by atoms with E-state index in [-0.39, 0.29) is 12.4 Å². The Morgan fingerprint density at radius 3 is 2.52 bits per heavy atom. The molecule has 1 saturated heterocycles. The molecule has 2 aliphatic rings. The second-order valence-electron chi connectivity index (χ2n) is 6.23. The molecule has 2 fully saturated rings. The lowest BCUT2D eigenvalue weighted by atomic mass is 9.79. The summed E-state index contributed by atoms with van der Waals surface area (Å²) in [7, 11) is 1.72. The van der Waals surface area contributed by atoms with Gasteiger partial charge in [0.25, 0.3) is 0 Å². The SMILES string of the molecule is COc1ccc(CN2CCNCC23CCCCC3)cc1.Cl. The molecule has 4 heteroatoms. The second-order valence-corrected chi connectivity index (χ2v) is 6.23. The third-order valence-electron chi connectivity index (χ3n) is 5.00. The van der Waals surface area contributed by atoms with E-state index < -0.39 is 0 Å². The Labute approximate surface area is 134 Å². The van der Waals surface area contributed by atoms with E-state index in [0.29, 0.717) is 5.54 Å². The predicted molar refractivity (Wildman–Crippen MR) is 89.3 cm³/mol. The molecule has 3 nitrogen and oxygen atoms in total. The van der Waals surface area contributed by atoms with Crippen molar-refractivity contribution in [1.82, 2.24) is 10.2 Å². The largest absolute Gasteiger partial charge is 0.497 e. The van der Waals surface area contributed by atoms with Gasteiger partial charge in [0.1, 0.15) is 5.75 Å². The maximum atomic E-state index is 5.25. The van der Waals surface area contributed by atoms with Crippen LogP contribution in [0.4, 0.5) is 0 Å². The average molecular weight is 311 g/mol. The summed E-state index contributed by atoms with van der Waals surface area (Å²) in [5.41, 5.74) is 1.81. The number of nitrogens with zero attached hydrogens (tertiary/aromatic N) is 1. The van der Waals surface area contributed by atoms with Gasteiger partial charge in [-0.2, -0.15) is 0 Å². The Bertz CT molecular complexity index is 421. The first-order chi connectivity index (χ1) is 9.82. The van der Waals surface area contributed by atoms with Gasteiger partial charge in [-0.15, -0.1) is 12.4 Å². The monoisotopic (exact) mass is 310 g/mol. The van der Waals surface area contributed by atoms with Crippen molar-refractivity contribution in [2.75, 3.05) is 26.7 Å². The van der Waals surface area contributed by atoms with E-state index >= 15 is 0 Å². The van der Waals surface area contributed by atoms with E-state index in [1.165, 1.54) is 50.8 Å². The summed E-state index contributed by atoms with van der Waals surface area (Å²) >= 11 is 0. The van der Waals surface area contributed by atoms with Gasteiger partial charge in [-0.1, -0.05) is 31.4 Å². The van der Waals surface area contributed by atoms with Crippen LogP contribution in [0.25, 0.3) is 0 Å². The zero-order chi connectivity index (χ0) is 13.8. The summed E-state index contributed by atoms with van der Waals surface area (Å²) in [6.45, 7) is 4.54. The molecule has 21 heavy (non-hydrogen) atoms. The number of benzene rings is 1. The molecule has 1 heterocycles. The number of hydrogen-bond acceptors (Lipinski definition) is 3. The van der Waals surface area contributed by atoms with Gasteiger partial charge >= 0.3 is 0 Å². The van der Waals surface area contributed by atoms with E-state index in [2.05, 4.69) is 34.5 Å². The van der Waals surface area contributed by atoms with Crippen LogP contribution in [0.1, 0.15) is 37.7 Å². The molecule has 1 N–H and O–H groups in total. The summed E-state index contributed by atoms with van der Waals surface area (Å²) < 4.78 is 5.25. The molecular formula is C17H27ClN2O. The minimum Gasteiger partial charge on any atom is -0.497 e. The fraction of sp³-hybridized carbons (Fsp3) is 0.647. The lowest BCUT2D eigenvalue weighted by Crippen LogP contribution is -2.61. The molecule has 0 radical (unpaired) electrons. The van der Waals surface area contributed by atoms with Crippen LogP contribution in [0, 0.1) is 0 Å². The first kappa shape index (κ1) is 16.6. The molecule has 118 valence electrons. The summed E-state index contributed by atoms with van der Waals surface area (Å²) in [4.78, 5) is 2.73. The Hall–Kier alpha value is -0.770. The van der Waals surface area contributed by atoms with Crippen LogP contribution in [-0.4, -0.2) is 37.2 Å². The topological polar surface area (TPSA) is 24.5 Å².